The third-order valence-corrected chi connectivity index (χ3v) is 5.01. The summed E-state index contributed by atoms with van der Waals surface area (Å²) in [7, 11) is 1.28. The normalized spacial score (nSPS) is 11.6. The van der Waals surface area contributed by atoms with Crippen LogP contribution in [0.2, 0.25) is 0 Å². The standard InChI is InChI=1S/C20H19FN2O4S/c1-3-27-15-7-4-13(5-8-15)10-18(24)22-20-23(12-19(25)26-2)16-9-6-14(21)11-17(16)28-20/h4-9,11H,3,10,12H2,1-2H3. The largest absolute Gasteiger partial charge is 0.494 e. The Hall–Kier alpha value is -3.00. The minimum atomic E-state index is -0.482. The van der Waals surface area contributed by atoms with E-state index in [4.69, 9.17) is 9.47 Å². The Morgan fingerprint density at radius 3 is 2.61 bits per heavy atom. The predicted octanol–water partition coefficient (Wildman–Crippen LogP) is 3.08. The van der Waals surface area contributed by atoms with Crippen molar-refractivity contribution in [3.63, 3.8) is 0 Å². The first-order chi connectivity index (χ1) is 13.5. The molecule has 146 valence electrons. The van der Waals surface area contributed by atoms with Crippen molar-refractivity contribution in [2.45, 2.75) is 19.9 Å². The second-order valence-corrected chi connectivity index (χ2v) is 6.93. The SMILES string of the molecule is CCOc1ccc(CC(=O)N=c2sc3cc(F)ccc3n2CC(=O)OC)cc1. The van der Waals surface area contributed by atoms with Crippen LogP contribution in [-0.4, -0.2) is 30.2 Å². The lowest BCUT2D eigenvalue weighted by molar-refractivity contribution is -0.141. The van der Waals surface area contributed by atoms with Gasteiger partial charge in [0.1, 0.15) is 18.1 Å². The van der Waals surface area contributed by atoms with E-state index >= 15 is 0 Å². The molecule has 3 rings (SSSR count). The lowest BCUT2D eigenvalue weighted by Crippen LogP contribution is -2.22. The van der Waals surface area contributed by atoms with Gasteiger partial charge in [0.05, 0.1) is 30.4 Å². The highest BCUT2D eigenvalue weighted by Gasteiger charge is 2.12. The third kappa shape index (κ3) is 4.64. The van der Waals surface area contributed by atoms with Gasteiger partial charge in [0.15, 0.2) is 4.80 Å². The Bertz CT molecular complexity index is 1070. The summed E-state index contributed by atoms with van der Waals surface area (Å²) in [6.07, 6.45) is 0.104. The first-order valence-corrected chi connectivity index (χ1v) is 9.46. The number of thiazole rings is 1. The number of aromatic nitrogens is 1. The smallest absolute Gasteiger partial charge is 0.325 e. The van der Waals surface area contributed by atoms with Crippen LogP contribution in [0.1, 0.15) is 12.5 Å². The van der Waals surface area contributed by atoms with Crippen molar-refractivity contribution in [3.05, 3.63) is 58.6 Å². The number of carbonyl (C=O) groups is 2. The van der Waals surface area contributed by atoms with E-state index < -0.39 is 11.8 Å². The van der Waals surface area contributed by atoms with Gasteiger partial charge in [-0.15, -0.1) is 0 Å². The van der Waals surface area contributed by atoms with Crippen molar-refractivity contribution in [2.75, 3.05) is 13.7 Å². The van der Waals surface area contributed by atoms with E-state index in [1.807, 2.05) is 6.92 Å². The molecular weight excluding hydrogens is 383 g/mol. The van der Waals surface area contributed by atoms with E-state index in [9.17, 15) is 14.0 Å². The molecule has 0 unspecified atom stereocenters. The number of esters is 1. The summed E-state index contributed by atoms with van der Waals surface area (Å²) in [5, 5.41) is 0. The maximum absolute atomic E-state index is 13.5. The number of carbonyl (C=O) groups excluding carboxylic acids is 2. The molecule has 8 heteroatoms. The van der Waals surface area contributed by atoms with Gasteiger partial charge >= 0.3 is 5.97 Å². The number of amides is 1. The molecule has 1 heterocycles. The van der Waals surface area contributed by atoms with E-state index in [-0.39, 0.29) is 18.9 Å². The van der Waals surface area contributed by atoms with E-state index in [1.54, 1.807) is 34.9 Å². The molecule has 0 aliphatic heterocycles. The zero-order valence-electron chi connectivity index (χ0n) is 15.5. The molecule has 0 aliphatic carbocycles. The highest BCUT2D eigenvalue weighted by molar-refractivity contribution is 7.16. The Kier molecular flexibility index (Phi) is 6.20. The minimum Gasteiger partial charge on any atom is -0.494 e. The Morgan fingerprint density at radius 2 is 1.93 bits per heavy atom. The fourth-order valence-corrected chi connectivity index (χ4v) is 3.74. The van der Waals surface area contributed by atoms with Gasteiger partial charge in [-0.2, -0.15) is 4.99 Å². The van der Waals surface area contributed by atoms with Crippen LogP contribution in [0.4, 0.5) is 4.39 Å². The van der Waals surface area contributed by atoms with E-state index in [0.29, 0.717) is 21.6 Å². The fourth-order valence-electron chi connectivity index (χ4n) is 2.67. The summed E-state index contributed by atoms with van der Waals surface area (Å²) in [5.41, 5.74) is 1.41. The van der Waals surface area contributed by atoms with E-state index in [2.05, 4.69) is 4.99 Å². The molecule has 6 nitrogen and oxygen atoms in total. The molecule has 2 aromatic carbocycles. The monoisotopic (exact) mass is 402 g/mol. The van der Waals surface area contributed by atoms with Crippen molar-refractivity contribution in [3.8, 4) is 5.75 Å². The molecule has 1 amide bonds. The first kappa shape index (κ1) is 19.8. The highest BCUT2D eigenvalue weighted by atomic mass is 32.1. The van der Waals surface area contributed by atoms with Crippen LogP contribution in [-0.2, 0) is 27.3 Å². The Morgan fingerprint density at radius 1 is 1.18 bits per heavy atom. The average Bonchev–Trinajstić information content (AvgIpc) is 2.99. The fraction of sp³-hybridized carbons (Fsp3) is 0.250. The molecule has 0 spiro atoms. The first-order valence-electron chi connectivity index (χ1n) is 8.65. The Balaban J connectivity index is 1.91. The number of rotatable bonds is 6. The van der Waals surface area contributed by atoms with Gasteiger partial charge in [0.2, 0.25) is 0 Å². The van der Waals surface area contributed by atoms with Gasteiger partial charge in [-0.05, 0) is 42.8 Å². The van der Waals surface area contributed by atoms with Crippen LogP contribution in [0.3, 0.4) is 0 Å². The van der Waals surface area contributed by atoms with Gasteiger partial charge in [0, 0.05) is 0 Å². The van der Waals surface area contributed by atoms with Crippen LogP contribution in [0, 0.1) is 5.82 Å². The molecule has 0 fully saturated rings. The van der Waals surface area contributed by atoms with Crippen LogP contribution in [0.5, 0.6) is 5.75 Å². The van der Waals surface area contributed by atoms with Gasteiger partial charge in [0.25, 0.3) is 5.91 Å². The number of hydrogen-bond acceptors (Lipinski definition) is 5. The van der Waals surface area contributed by atoms with Crippen LogP contribution in [0.25, 0.3) is 10.2 Å². The molecule has 0 aliphatic rings. The number of halogens is 1. The summed E-state index contributed by atoms with van der Waals surface area (Å²) in [4.78, 5) is 28.7. The predicted molar refractivity (Wildman–Crippen MR) is 104 cm³/mol. The molecule has 0 radical (unpaired) electrons. The average molecular weight is 402 g/mol. The summed E-state index contributed by atoms with van der Waals surface area (Å²) in [6.45, 7) is 2.36. The number of fused-ring (bicyclic) bond motifs is 1. The molecule has 0 saturated heterocycles. The summed E-state index contributed by atoms with van der Waals surface area (Å²) in [5.74, 6) is -0.511. The zero-order valence-corrected chi connectivity index (χ0v) is 16.3. The molecule has 0 bridgehead atoms. The van der Waals surface area contributed by atoms with Crippen molar-refractivity contribution in [1.82, 2.24) is 4.57 Å². The second-order valence-electron chi connectivity index (χ2n) is 5.92. The maximum Gasteiger partial charge on any atom is 0.325 e. The molecule has 0 saturated carbocycles. The molecule has 3 aromatic rings. The van der Waals surface area contributed by atoms with Crippen LogP contribution in [0.15, 0.2) is 47.5 Å². The minimum absolute atomic E-state index is 0.104. The van der Waals surface area contributed by atoms with Gasteiger partial charge in [-0.1, -0.05) is 23.5 Å². The van der Waals surface area contributed by atoms with Crippen molar-refractivity contribution in [2.24, 2.45) is 4.99 Å². The summed E-state index contributed by atoms with van der Waals surface area (Å²) < 4.78 is 25.8. The summed E-state index contributed by atoms with van der Waals surface area (Å²) >= 11 is 1.15. The molecule has 1 aromatic heterocycles. The van der Waals surface area contributed by atoms with E-state index in [1.165, 1.54) is 19.2 Å². The van der Waals surface area contributed by atoms with Gasteiger partial charge in [-0.25, -0.2) is 4.39 Å². The third-order valence-electron chi connectivity index (χ3n) is 3.97. The van der Waals surface area contributed by atoms with E-state index in [0.717, 1.165) is 22.6 Å². The lowest BCUT2D eigenvalue weighted by Gasteiger charge is -2.04. The Labute approximate surface area is 164 Å². The van der Waals surface area contributed by atoms with Crippen molar-refractivity contribution >= 4 is 33.4 Å². The number of benzene rings is 2. The van der Waals surface area contributed by atoms with Crippen LogP contribution < -0.4 is 9.54 Å². The van der Waals surface area contributed by atoms with Gasteiger partial charge < -0.3 is 14.0 Å². The number of methoxy groups -OCH3 is 1. The maximum atomic E-state index is 13.5. The second kappa shape index (κ2) is 8.79. The number of ether oxygens (including phenoxy) is 2. The van der Waals surface area contributed by atoms with Gasteiger partial charge in [-0.3, -0.25) is 9.59 Å². The number of nitrogens with zero attached hydrogens (tertiary/aromatic N) is 2. The molecule has 28 heavy (non-hydrogen) atoms. The van der Waals surface area contributed by atoms with Crippen molar-refractivity contribution < 1.29 is 23.5 Å². The molecule has 0 N–H and O–H groups in total. The van der Waals surface area contributed by atoms with Crippen LogP contribution >= 0.6 is 11.3 Å². The molecule has 0 atom stereocenters. The summed E-state index contributed by atoms with van der Waals surface area (Å²) in [6, 6.07) is 11.4. The topological polar surface area (TPSA) is 69.9 Å². The zero-order chi connectivity index (χ0) is 20.1. The molecular formula is C20H19FN2O4S. The highest BCUT2D eigenvalue weighted by Crippen LogP contribution is 2.19. The quantitative estimate of drug-likeness (QED) is 0.594. The van der Waals surface area contributed by atoms with Crippen molar-refractivity contribution in [1.29, 1.82) is 0 Å². The lowest BCUT2D eigenvalue weighted by atomic mass is 10.1. The number of hydrogen-bond donors (Lipinski definition) is 0.